The zero-order valence-electron chi connectivity index (χ0n) is 8.58. The minimum Gasteiger partial charge on any atom is -0.334 e. The highest BCUT2D eigenvalue weighted by Gasteiger charge is 2.14. The van der Waals surface area contributed by atoms with Crippen molar-refractivity contribution in [1.29, 1.82) is 0 Å². The van der Waals surface area contributed by atoms with Crippen LogP contribution in [-0.4, -0.2) is 9.55 Å². The fourth-order valence-electron chi connectivity index (χ4n) is 2.06. The van der Waals surface area contributed by atoms with E-state index in [9.17, 15) is 0 Å². The van der Waals surface area contributed by atoms with Gasteiger partial charge in [-0.25, -0.2) is 4.98 Å². The molecule has 0 unspecified atom stereocenters. The molecule has 0 radical (unpaired) electrons. The van der Waals surface area contributed by atoms with Crippen molar-refractivity contribution < 1.29 is 0 Å². The minimum atomic E-state index is 0.724. The molecular formula is C11H18N2. The van der Waals surface area contributed by atoms with Crippen LogP contribution < -0.4 is 0 Å². The molecule has 0 bridgehead atoms. The maximum atomic E-state index is 4.50. The standard InChI is InChI=1S/C11H18N2/c1-9(2)7-10-11-5-3-4-6-13(11)8-12-10/h8-9H,3-7H2,1-2H3. The van der Waals surface area contributed by atoms with Gasteiger partial charge in [-0.15, -0.1) is 0 Å². The number of aromatic nitrogens is 2. The molecule has 2 heteroatoms. The summed E-state index contributed by atoms with van der Waals surface area (Å²) in [5, 5.41) is 0. The predicted molar refractivity (Wildman–Crippen MR) is 53.7 cm³/mol. The first-order valence-electron chi connectivity index (χ1n) is 5.30. The molecule has 0 spiro atoms. The number of nitrogens with zero attached hydrogens (tertiary/aromatic N) is 2. The number of fused-ring (bicyclic) bond motifs is 1. The first kappa shape index (κ1) is 8.79. The van der Waals surface area contributed by atoms with Gasteiger partial charge in [0.15, 0.2) is 0 Å². The van der Waals surface area contributed by atoms with Crippen LogP contribution in [0.5, 0.6) is 0 Å². The lowest BCUT2D eigenvalue weighted by molar-refractivity contribution is 0.524. The second-order valence-electron chi connectivity index (χ2n) is 4.39. The molecule has 72 valence electrons. The molecule has 0 fully saturated rings. The second kappa shape index (κ2) is 3.52. The van der Waals surface area contributed by atoms with E-state index in [1.54, 1.807) is 0 Å². The molecule has 1 aromatic rings. The van der Waals surface area contributed by atoms with Gasteiger partial charge in [-0.1, -0.05) is 13.8 Å². The number of hydrogen-bond donors (Lipinski definition) is 0. The summed E-state index contributed by atoms with van der Waals surface area (Å²) in [5.41, 5.74) is 2.84. The Morgan fingerprint density at radius 2 is 2.31 bits per heavy atom. The van der Waals surface area contributed by atoms with Crippen molar-refractivity contribution in [3.05, 3.63) is 17.7 Å². The highest BCUT2D eigenvalue weighted by Crippen LogP contribution is 2.19. The lowest BCUT2D eigenvalue weighted by Crippen LogP contribution is -2.10. The van der Waals surface area contributed by atoms with E-state index in [4.69, 9.17) is 0 Å². The van der Waals surface area contributed by atoms with Gasteiger partial charge >= 0.3 is 0 Å². The Kier molecular flexibility index (Phi) is 2.38. The predicted octanol–water partition coefficient (Wildman–Crippen LogP) is 2.42. The largest absolute Gasteiger partial charge is 0.334 e. The van der Waals surface area contributed by atoms with Crippen LogP contribution in [0.2, 0.25) is 0 Å². The van der Waals surface area contributed by atoms with Gasteiger partial charge in [0.05, 0.1) is 12.0 Å². The van der Waals surface area contributed by atoms with Crippen LogP contribution in [0, 0.1) is 5.92 Å². The Morgan fingerprint density at radius 1 is 1.46 bits per heavy atom. The number of rotatable bonds is 2. The topological polar surface area (TPSA) is 17.8 Å². The van der Waals surface area contributed by atoms with E-state index >= 15 is 0 Å². The Labute approximate surface area is 80.0 Å². The summed E-state index contributed by atoms with van der Waals surface area (Å²) in [4.78, 5) is 4.50. The number of hydrogen-bond acceptors (Lipinski definition) is 1. The summed E-state index contributed by atoms with van der Waals surface area (Å²) in [7, 11) is 0. The van der Waals surface area contributed by atoms with Gasteiger partial charge in [0.1, 0.15) is 0 Å². The first-order valence-corrected chi connectivity index (χ1v) is 5.30. The minimum absolute atomic E-state index is 0.724. The Morgan fingerprint density at radius 3 is 3.08 bits per heavy atom. The molecule has 1 aromatic heterocycles. The van der Waals surface area contributed by atoms with E-state index < -0.39 is 0 Å². The summed E-state index contributed by atoms with van der Waals surface area (Å²) < 4.78 is 2.33. The van der Waals surface area contributed by atoms with E-state index in [2.05, 4.69) is 23.4 Å². The van der Waals surface area contributed by atoms with Crippen LogP contribution in [0.25, 0.3) is 0 Å². The molecule has 0 saturated heterocycles. The van der Waals surface area contributed by atoms with Crippen LogP contribution in [0.4, 0.5) is 0 Å². The van der Waals surface area contributed by atoms with E-state index in [0.29, 0.717) is 0 Å². The van der Waals surface area contributed by atoms with Crippen molar-refractivity contribution in [2.24, 2.45) is 5.92 Å². The molecule has 1 aliphatic heterocycles. The molecule has 0 N–H and O–H groups in total. The zero-order chi connectivity index (χ0) is 9.26. The molecule has 0 saturated carbocycles. The van der Waals surface area contributed by atoms with Crippen LogP contribution in [-0.2, 0) is 19.4 Å². The zero-order valence-corrected chi connectivity index (χ0v) is 8.58. The lowest BCUT2D eigenvalue weighted by atomic mass is 10.0. The molecular weight excluding hydrogens is 160 g/mol. The van der Waals surface area contributed by atoms with E-state index in [1.807, 2.05) is 6.33 Å². The van der Waals surface area contributed by atoms with Crippen LogP contribution in [0.15, 0.2) is 6.33 Å². The summed E-state index contributed by atoms with van der Waals surface area (Å²) in [6.45, 7) is 5.70. The first-order chi connectivity index (χ1) is 6.27. The van der Waals surface area contributed by atoms with Crippen LogP contribution in [0.3, 0.4) is 0 Å². The molecule has 2 heterocycles. The third kappa shape index (κ3) is 1.77. The maximum Gasteiger partial charge on any atom is 0.0951 e. The van der Waals surface area contributed by atoms with Crippen molar-refractivity contribution in [2.75, 3.05) is 0 Å². The lowest BCUT2D eigenvalue weighted by Gasteiger charge is -2.15. The van der Waals surface area contributed by atoms with Crippen LogP contribution in [0.1, 0.15) is 38.1 Å². The number of aryl methyl sites for hydroxylation is 1. The van der Waals surface area contributed by atoms with Gasteiger partial charge < -0.3 is 4.57 Å². The van der Waals surface area contributed by atoms with E-state index in [1.165, 1.54) is 37.2 Å². The fourth-order valence-corrected chi connectivity index (χ4v) is 2.06. The van der Waals surface area contributed by atoms with Gasteiger partial charge in [0.25, 0.3) is 0 Å². The molecule has 2 nitrogen and oxygen atoms in total. The van der Waals surface area contributed by atoms with Crippen molar-refractivity contribution in [1.82, 2.24) is 9.55 Å². The molecule has 2 rings (SSSR count). The molecule has 0 atom stereocenters. The molecule has 0 aromatic carbocycles. The van der Waals surface area contributed by atoms with Crippen molar-refractivity contribution in [3.8, 4) is 0 Å². The quantitative estimate of drug-likeness (QED) is 0.680. The fraction of sp³-hybridized carbons (Fsp3) is 0.727. The van der Waals surface area contributed by atoms with E-state index in [0.717, 1.165) is 12.3 Å². The monoisotopic (exact) mass is 178 g/mol. The normalized spacial score (nSPS) is 16.2. The third-order valence-corrected chi connectivity index (χ3v) is 2.70. The molecule has 0 amide bonds. The Bertz CT molecular complexity index is 286. The van der Waals surface area contributed by atoms with E-state index in [-0.39, 0.29) is 0 Å². The molecule has 13 heavy (non-hydrogen) atoms. The summed E-state index contributed by atoms with van der Waals surface area (Å²) >= 11 is 0. The van der Waals surface area contributed by atoms with Gasteiger partial charge in [-0.3, -0.25) is 0 Å². The average Bonchev–Trinajstić information content (AvgIpc) is 2.48. The van der Waals surface area contributed by atoms with Gasteiger partial charge in [-0.05, 0) is 31.6 Å². The van der Waals surface area contributed by atoms with Crippen LogP contribution >= 0.6 is 0 Å². The van der Waals surface area contributed by atoms with Gasteiger partial charge in [0.2, 0.25) is 0 Å². The summed E-state index contributed by atoms with van der Waals surface area (Å²) in [5.74, 6) is 0.724. The highest BCUT2D eigenvalue weighted by atomic mass is 15.1. The molecule has 1 aliphatic rings. The van der Waals surface area contributed by atoms with Crippen molar-refractivity contribution >= 4 is 0 Å². The Hall–Kier alpha value is -0.790. The highest BCUT2D eigenvalue weighted by molar-refractivity contribution is 5.15. The molecule has 0 aliphatic carbocycles. The van der Waals surface area contributed by atoms with Crippen molar-refractivity contribution in [3.63, 3.8) is 0 Å². The summed E-state index contributed by atoms with van der Waals surface area (Å²) in [6.07, 6.45) is 7.07. The summed E-state index contributed by atoms with van der Waals surface area (Å²) in [6, 6.07) is 0. The number of imidazole rings is 1. The maximum absolute atomic E-state index is 4.50. The Balaban J connectivity index is 2.21. The van der Waals surface area contributed by atoms with Gasteiger partial charge in [-0.2, -0.15) is 0 Å². The smallest absolute Gasteiger partial charge is 0.0951 e. The SMILES string of the molecule is CC(C)Cc1ncn2c1CCCC2. The van der Waals surface area contributed by atoms with Crippen molar-refractivity contribution in [2.45, 2.75) is 46.1 Å². The van der Waals surface area contributed by atoms with Gasteiger partial charge in [0, 0.05) is 12.2 Å². The third-order valence-electron chi connectivity index (χ3n) is 2.70. The average molecular weight is 178 g/mol. The second-order valence-corrected chi connectivity index (χ2v) is 4.39.